The number of nitrogens with two attached hydrogens (primary N) is 3. The number of primary amides is 1. The first-order valence-corrected chi connectivity index (χ1v) is 13.8. The van der Waals surface area contributed by atoms with Gasteiger partial charge < -0.3 is 17.2 Å². The third-order valence-electron chi connectivity index (χ3n) is 7.93. The lowest BCUT2D eigenvalue weighted by atomic mass is 9.81. The van der Waals surface area contributed by atoms with Gasteiger partial charge in [0.2, 0.25) is 17.6 Å². The Labute approximate surface area is 250 Å². The number of nitrogen functional groups attached to an aromatic ring is 1. The number of H-pyrrole nitrogens is 1. The maximum Gasteiger partial charge on any atom is 0.240 e. The number of anilines is 2. The molecule has 4 aromatic rings. The minimum absolute atomic E-state index is 0. The topological polar surface area (TPSA) is 183 Å². The number of nitrogens with zero attached hydrogens (tertiary/aromatic N) is 5. The number of hydrogen-bond donors (Lipinski definition) is 4. The lowest BCUT2D eigenvalue weighted by molar-refractivity contribution is -0.127. The van der Waals surface area contributed by atoms with Gasteiger partial charge in [0, 0.05) is 34.8 Å². The van der Waals surface area contributed by atoms with Crippen LogP contribution in [0.1, 0.15) is 36.9 Å². The maximum absolute atomic E-state index is 14.1. The van der Waals surface area contributed by atoms with Gasteiger partial charge in [0.15, 0.2) is 0 Å². The second kappa shape index (κ2) is 13.5. The van der Waals surface area contributed by atoms with Crippen LogP contribution < -0.4 is 22.1 Å². The second-order valence-electron chi connectivity index (χ2n) is 10.6. The standard InChI is InChI=1S/C30H35N9O2.ClH/c1-18-25(13-14-27(32)34-18)23-4-2-3-20(15-23)16-26(28(33)40)39(30(41)22-7-5-19(17-31)6-8-22)24-11-9-21(10-12-24)29-35-37-38-36-29;/h2-4,9-15,19,22,26H,5-8,16-17,31H2,1H3,(H2,32,34)(H2,33,40)(H,35,36,37,38);1H/t19?,22?,26-;/m0./s1. The number of carbonyl (C=O) groups is 2. The molecule has 1 atom stereocenters. The highest BCUT2D eigenvalue weighted by molar-refractivity contribution is 6.01. The molecule has 5 rings (SSSR count). The number of aromatic nitrogens is 5. The predicted octanol–water partition coefficient (Wildman–Crippen LogP) is 3.44. The Hall–Kier alpha value is -4.35. The van der Waals surface area contributed by atoms with Crippen molar-refractivity contribution in [2.24, 2.45) is 23.3 Å². The molecule has 0 aliphatic heterocycles. The molecule has 0 bridgehead atoms. The molecular weight excluding hydrogens is 554 g/mol. The first-order valence-electron chi connectivity index (χ1n) is 13.8. The van der Waals surface area contributed by atoms with Gasteiger partial charge in [-0.25, -0.2) is 4.98 Å². The first kappa shape index (κ1) is 30.6. The quantitative estimate of drug-likeness (QED) is 0.229. The third-order valence-corrected chi connectivity index (χ3v) is 7.93. The van der Waals surface area contributed by atoms with Crippen LogP contribution in [0.4, 0.5) is 11.5 Å². The summed E-state index contributed by atoms with van der Waals surface area (Å²) in [4.78, 5) is 33.2. The average Bonchev–Trinajstić information content (AvgIpc) is 3.52. The van der Waals surface area contributed by atoms with Gasteiger partial charge in [0.1, 0.15) is 11.9 Å². The van der Waals surface area contributed by atoms with Crippen LogP contribution in [-0.4, -0.2) is 50.0 Å². The van der Waals surface area contributed by atoms with Crippen LogP contribution in [0.25, 0.3) is 22.5 Å². The summed E-state index contributed by atoms with van der Waals surface area (Å²) in [5, 5.41) is 14.1. The van der Waals surface area contributed by atoms with Gasteiger partial charge in [-0.3, -0.25) is 14.5 Å². The van der Waals surface area contributed by atoms with Crippen LogP contribution in [0.5, 0.6) is 0 Å². The van der Waals surface area contributed by atoms with Crippen molar-refractivity contribution >= 4 is 35.7 Å². The molecule has 1 saturated carbocycles. The predicted molar refractivity (Wildman–Crippen MR) is 164 cm³/mol. The molecule has 0 spiro atoms. The molecule has 0 saturated heterocycles. The number of halogens is 1. The van der Waals surface area contributed by atoms with E-state index < -0.39 is 11.9 Å². The van der Waals surface area contributed by atoms with Crippen LogP contribution in [0.15, 0.2) is 60.7 Å². The van der Waals surface area contributed by atoms with Crippen LogP contribution in [0.3, 0.4) is 0 Å². The van der Waals surface area contributed by atoms with E-state index in [-0.39, 0.29) is 30.7 Å². The summed E-state index contributed by atoms with van der Waals surface area (Å²) in [7, 11) is 0. The number of tetrazole rings is 1. The smallest absolute Gasteiger partial charge is 0.240 e. The molecule has 1 aliphatic carbocycles. The van der Waals surface area contributed by atoms with Gasteiger partial charge in [-0.2, -0.15) is 5.21 Å². The Morgan fingerprint density at radius 1 is 1.02 bits per heavy atom. The Kier molecular flexibility index (Phi) is 9.87. The van der Waals surface area contributed by atoms with Crippen molar-refractivity contribution in [3.8, 4) is 22.5 Å². The molecule has 42 heavy (non-hydrogen) atoms. The summed E-state index contributed by atoms with van der Waals surface area (Å²) < 4.78 is 0. The zero-order valence-electron chi connectivity index (χ0n) is 23.4. The summed E-state index contributed by atoms with van der Waals surface area (Å²) in [6.07, 6.45) is 3.47. The molecule has 2 aromatic heterocycles. The lowest BCUT2D eigenvalue weighted by Crippen LogP contribution is -2.52. The van der Waals surface area contributed by atoms with E-state index in [0.29, 0.717) is 29.8 Å². The van der Waals surface area contributed by atoms with Gasteiger partial charge in [0.05, 0.1) is 0 Å². The van der Waals surface area contributed by atoms with E-state index in [1.807, 2.05) is 37.3 Å². The van der Waals surface area contributed by atoms with Crippen LogP contribution in [0.2, 0.25) is 0 Å². The number of hydrogen-bond acceptors (Lipinski definition) is 8. The fourth-order valence-electron chi connectivity index (χ4n) is 5.65. The molecule has 220 valence electrons. The highest BCUT2D eigenvalue weighted by Crippen LogP contribution is 2.33. The number of carbonyl (C=O) groups excluding carboxylic acids is 2. The first-order chi connectivity index (χ1) is 19.8. The number of aromatic amines is 1. The van der Waals surface area contributed by atoms with E-state index in [0.717, 1.165) is 53.6 Å². The molecule has 0 radical (unpaired) electrons. The van der Waals surface area contributed by atoms with Crippen LogP contribution >= 0.6 is 12.4 Å². The summed E-state index contributed by atoms with van der Waals surface area (Å²) in [6.45, 7) is 2.52. The molecule has 1 aliphatic rings. The number of benzene rings is 2. The molecule has 2 amide bonds. The van der Waals surface area contributed by atoms with Crippen molar-refractivity contribution in [1.29, 1.82) is 0 Å². The minimum Gasteiger partial charge on any atom is -0.384 e. The fraction of sp³-hybridized carbons (Fsp3) is 0.333. The van der Waals surface area contributed by atoms with Crippen molar-refractivity contribution < 1.29 is 9.59 Å². The lowest BCUT2D eigenvalue weighted by Gasteiger charge is -2.35. The van der Waals surface area contributed by atoms with E-state index in [1.54, 1.807) is 35.2 Å². The van der Waals surface area contributed by atoms with Crippen molar-refractivity contribution in [2.45, 2.75) is 45.1 Å². The van der Waals surface area contributed by atoms with E-state index in [2.05, 4.69) is 25.6 Å². The normalized spacial score (nSPS) is 17.2. The van der Waals surface area contributed by atoms with Gasteiger partial charge in [0.25, 0.3) is 0 Å². The zero-order valence-corrected chi connectivity index (χ0v) is 24.3. The maximum atomic E-state index is 14.1. The van der Waals surface area contributed by atoms with Crippen molar-refractivity contribution in [3.05, 3.63) is 71.9 Å². The number of amides is 2. The molecule has 0 unspecified atom stereocenters. The Morgan fingerprint density at radius 3 is 2.38 bits per heavy atom. The Balaban J connectivity index is 0.00000405. The number of nitrogens with one attached hydrogen (secondary N) is 1. The number of pyridine rings is 1. The van der Waals surface area contributed by atoms with Crippen LogP contribution in [0, 0.1) is 18.8 Å². The summed E-state index contributed by atoms with van der Waals surface area (Å²) in [5.74, 6) is 0.411. The average molecular weight is 590 g/mol. The van der Waals surface area contributed by atoms with Gasteiger partial charge >= 0.3 is 0 Å². The zero-order chi connectivity index (χ0) is 28.9. The fourth-order valence-corrected chi connectivity index (χ4v) is 5.65. The molecule has 7 N–H and O–H groups in total. The SMILES string of the molecule is Cc1nc(N)ccc1-c1cccc(C[C@@H](C(N)=O)N(C(=O)C2CCC(CN)CC2)c2ccc(-c3nn[nH]n3)cc2)c1.Cl. The summed E-state index contributed by atoms with van der Waals surface area (Å²) in [5.41, 5.74) is 22.6. The van der Waals surface area contributed by atoms with E-state index >= 15 is 0 Å². The van der Waals surface area contributed by atoms with Gasteiger partial charge in [-0.05, 0) is 97.8 Å². The third kappa shape index (κ3) is 6.75. The highest BCUT2D eigenvalue weighted by atomic mass is 35.5. The number of rotatable bonds is 9. The molecular formula is C30H36ClN9O2. The molecule has 11 nitrogen and oxygen atoms in total. The van der Waals surface area contributed by atoms with E-state index in [1.165, 1.54) is 0 Å². The highest BCUT2D eigenvalue weighted by Gasteiger charge is 2.36. The van der Waals surface area contributed by atoms with Gasteiger partial charge in [-0.1, -0.05) is 24.3 Å². The van der Waals surface area contributed by atoms with E-state index in [9.17, 15) is 9.59 Å². The summed E-state index contributed by atoms with van der Waals surface area (Å²) in [6, 6.07) is 17.9. The minimum atomic E-state index is -0.897. The molecule has 2 aromatic carbocycles. The number of aryl methyl sites for hydroxylation is 1. The molecule has 12 heteroatoms. The van der Waals surface area contributed by atoms with Crippen molar-refractivity contribution in [2.75, 3.05) is 17.2 Å². The largest absolute Gasteiger partial charge is 0.384 e. The molecule has 1 fully saturated rings. The molecule has 2 heterocycles. The van der Waals surface area contributed by atoms with Gasteiger partial charge in [-0.15, -0.1) is 22.6 Å². The summed E-state index contributed by atoms with van der Waals surface area (Å²) >= 11 is 0. The Morgan fingerprint density at radius 2 is 1.76 bits per heavy atom. The monoisotopic (exact) mass is 589 g/mol. The van der Waals surface area contributed by atoms with Crippen LogP contribution in [-0.2, 0) is 16.0 Å². The van der Waals surface area contributed by atoms with E-state index in [4.69, 9.17) is 17.2 Å². The second-order valence-corrected chi connectivity index (χ2v) is 10.6. The Bertz CT molecular complexity index is 1500. The van der Waals surface area contributed by atoms with Crippen molar-refractivity contribution in [3.63, 3.8) is 0 Å². The van der Waals surface area contributed by atoms with Crippen molar-refractivity contribution in [1.82, 2.24) is 25.6 Å².